The SMILES string of the molecule is Cc1ccc(C)c(N2N=C(C(=O)N3CCN[C@H](C)C3)CCC2=O)c1.Cl. The normalized spacial score (nSPS) is 20.8. The van der Waals surface area contributed by atoms with E-state index in [1.165, 1.54) is 5.01 Å². The molecule has 2 heterocycles. The van der Waals surface area contributed by atoms with E-state index in [-0.39, 0.29) is 30.3 Å². The number of piperazine rings is 1. The molecule has 1 fully saturated rings. The van der Waals surface area contributed by atoms with E-state index in [1.807, 2.05) is 36.9 Å². The van der Waals surface area contributed by atoms with Crippen LogP contribution in [0.25, 0.3) is 0 Å². The molecule has 2 aliphatic rings. The summed E-state index contributed by atoms with van der Waals surface area (Å²) in [6, 6.07) is 6.20. The summed E-state index contributed by atoms with van der Waals surface area (Å²) in [7, 11) is 0. The fourth-order valence-electron chi connectivity index (χ4n) is 3.14. The molecule has 0 bridgehead atoms. The molecule has 0 spiro atoms. The van der Waals surface area contributed by atoms with E-state index in [9.17, 15) is 9.59 Å². The monoisotopic (exact) mass is 364 g/mol. The predicted octanol–water partition coefficient (Wildman–Crippen LogP) is 2.03. The van der Waals surface area contributed by atoms with Gasteiger partial charge in [-0.25, -0.2) is 5.01 Å². The molecule has 0 radical (unpaired) electrons. The highest BCUT2D eigenvalue weighted by molar-refractivity contribution is 6.40. The van der Waals surface area contributed by atoms with E-state index in [0.29, 0.717) is 31.6 Å². The lowest BCUT2D eigenvalue weighted by molar-refractivity contribution is -0.125. The first-order valence-electron chi connectivity index (χ1n) is 8.46. The second kappa shape index (κ2) is 7.97. The molecule has 25 heavy (non-hydrogen) atoms. The van der Waals surface area contributed by atoms with Crippen LogP contribution in [0.3, 0.4) is 0 Å². The largest absolute Gasteiger partial charge is 0.335 e. The van der Waals surface area contributed by atoms with E-state index in [1.54, 1.807) is 0 Å². The highest BCUT2D eigenvalue weighted by Crippen LogP contribution is 2.25. The molecule has 2 amide bonds. The third-order valence-electron chi connectivity index (χ3n) is 4.53. The van der Waals surface area contributed by atoms with Gasteiger partial charge >= 0.3 is 0 Å². The Bertz CT molecular complexity index is 704. The van der Waals surface area contributed by atoms with Gasteiger partial charge in [0.1, 0.15) is 5.71 Å². The van der Waals surface area contributed by atoms with Gasteiger partial charge in [0, 0.05) is 38.5 Å². The highest BCUT2D eigenvalue weighted by atomic mass is 35.5. The summed E-state index contributed by atoms with van der Waals surface area (Å²) in [5, 5.41) is 9.16. The second-order valence-corrected chi connectivity index (χ2v) is 6.65. The van der Waals surface area contributed by atoms with Crippen molar-refractivity contribution in [3.63, 3.8) is 0 Å². The molecule has 1 saturated heterocycles. The highest BCUT2D eigenvalue weighted by Gasteiger charge is 2.30. The van der Waals surface area contributed by atoms with Gasteiger partial charge in [-0.05, 0) is 38.0 Å². The Kier molecular flexibility index (Phi) is 6.19. The molecule has 0 aliphatic carbocycles. The molecule has 0 unspecified atom stereocenters. The molecule has 0 saturated carbocycles. The first-order valence-corrected chi connectivity index (χ1v) is 8.46. The molecule has 1 N–H and O–H groups in total. The fraction of sp³-hybridized carbons (Fsp3) is 0.500. The average molecular weight is 365 g/mol. The van der Waals surface area contributed by atoms with E-state index in [2.05, 4.69) is 17.3 Å². The molecule has 1 aromatic rings. The van der Waals surface area contributed by atoms with Crippen molar-refractivity contribution in [3.8, 4) is 0 Å². The number of anilines is 1. The van der Waals surface area contributed by atoms with Crippen molar-refractivity contribution in [1.82, 2.24) is 10.2 Å². The zero-order valence-electron chi connectivity index (χ0n) is 14.9. The first kappa shape index (κ1) is 19.4. The predicted molar refractivity (Wildman–Crippen MR) is 101 cm³/mol. The summed E-state index contributed by atoms with van der Waals surface area (Å²) in [5.74, 6) is -0.111. The van der Waals surface area contributed by atoms with Crippen LogP contribution >= 0.6 is 12.4 Å². The number of carbonyl (C=O) groups excluding carboxylic acids is 2. The number of hydrazone groups is 1. The number of nitrogens with one attached hydrogen (secondary N) is 1. The molecule has 0 aromatic heterocycles. The van der Waals surface area contributed by atoms with Crippen LogP contribution in [0.5, 0.6) is 0 Å². The third kappa shape index (κ3) is 4.19. The quantitative estimate of drug-likeness (QED) is 0.873. The first-order chi connectivity index (χ1) is 11.5. The third-order valence-corrected chi connectivity index (χ3v) is 4.53. The van der Waals surface area contributed by atoms with Gasteiger partial charge in [-0.1, -0.05) is 12.1 Å². The summed E-state index contributed by atoms with van der Waals surface area (Å²) < 4.78 is 0. The van der Waals surface area contributed by atoms with Gasteiger partial charge in [-0.15, -0.1) is 12.4 Å². The standard InChI is InChI=1S/C18H24N4O2.ClH/c1-12-4-5-13(2)16(10-12)22-17(23)7-6-15(20-22)18(24)21-9-8-19-14(3)11-21;/h4-5,10,14,19H,6-9,11H2,1-3H3;1H/t14-;/m1./s1. The lowest BCUT2D eigenvalue weighted by atomic mass is 10.1. The minimum atomic E-state index is -0.0612. The van der Waals surface area contributed by atoms with E-state index in [0.717, 1.165) is 23.4 Å². The van der Waals surface area contributed by atoms with Crippen molar-refractivity contribution in [3.05, 3.63) is 29.3 Å². The zero-order chi connectivity index (χ0) is 17.3. The van der Waals surface area contributed by atoms with Crippen LogP contribution in [0.1, 0.15) is 30.9 Å². The summed E-state index contributed by atoms with van der Waals surface area (Å²) in [6.45, 7) is 8.14. The van der Waals surface area contributed by atoms with Crippen LogP contribution < -0.4 is 10.3 Å². The van der Waals surface area contributed by atoms with Crippen LogP contribution in [-0.4, -0.2) is 48.1 Å². The van der Waals surface area contributed by atoms with Gasteiger partial charge in [-0.2, -0.15) is 5.10 Å². The number of rotatable bonds is 2. The van der Waals surface area contributed by atoms with Crippen LogP contribution in [0, 0.1) is 13.8 Å². The Morgan fingerprint density at radius 1 is 1.28 bits per heavy atom. The maximum Gasteiger partial charge on any atom is 0.270 e. The number of hydrogen-bond donors (Lipinski definition) is 1. The van der Waals surface area contributed by atoms with Gasteiger partial charge < -0.3 is 10.2 Å². The van der Waals surface area contributed by atoms with Crippen molar-refractivity contribution in [2.24, 2.45) is 5.10 Å². The molecule has 136 valence electrons. The van der Waals surface area contributed by atoms with Gasteiger partial charge in [0.2, 0.25) is 5.91 Å². The summed E-state index contributed by atoms with van der Waals surface area (Å²) >= 11 is 0. The Morgan fingerprint density at radius 2 is 2.04 bits per heavy atom. The Morgan fingerprint density at radius 3 is 2.76 bits per heavy atom. The smallest absolute Gasteiger partial charge is 0.270 e. The molecule has 1 aromatic carbocycles. The van der Waals surface area contributed by atoms with Gasteiger partial charge in [-0.3, -0.25) is 9.59 Å². The second-order valence-electron chi connectivity index (χ2n) is 6.65. The summed E-state index contributed by atoms with van der Waals surface area (Å²) in [6.07, 6.45) is 0.733. The number of aryl methyl sites for hydroxylation is 2. The van der Waals surface area contributed by atoms with Crippen LogP contribution in [0.2, 0.25) is 0 Å². The fourth-order valence-corrected chi connectivity index (χ4v) is 3.14. The lowest BCUT2D eigenvalue weighted by Crippen LogP contribution is -2.53. The lowest BCUT2D eigenvalue weighted by Gasteiger charge is -2.33. The number of carbonyl (C=O) groups is 2. The molecular weight excluding hydrogens is 340 g/mol. The maximum absolute atomic E-state index is 12.8. The van der Waals surface area contributed by atoms with E-state index < -0.39 is 0 Å². The molecule has 6 nitrogen and oxygen atoms in total. The summed E-state index contributed by atoms with van der Waals surface area (Å²) in [4.78, 5) is 26.9. The van der Waals surface area contributed by atoms with Gasteiger partial charge in [0.05, 0.1) is 5.69 Å². The van der Waals surface area contributed by atoms with Crippen LogP contribution in [0.4, 0.5) is 5.69 Å². The Labute approximate surface area is 154 Å². The molecule has 7 heteroatoms. The average Bonchev–Trinajstić information content (AvgIpc) is 2.57. The van der Waals surface area contributed by atoms with Crippen molar-refractivity contribution < 1.29 is 9.59 Å². The van der Waals surface area contributed by atoms with Crippen LogP contribution in [-0.2, 0) is 9.59 Å². The molecule has 2 aliphatic heterocycles. The molecular formula is C18H25ClN4O2. The van der Waals surface area contributed by atoms with E-state index >= 15 is 0 Å². The number of amides is 2. The number of nitrogens with zero attached hydrogens (tertiary/aromatic N) is 3. The van der Waals surface area contributed by atoms with Crippen LogP contribution in [0.15, 0.2) is 23.3 Å². The van der Waals surface area contributed by atoms with Gasteiger partial charge in [0.15, 0.2) is 0 Å². The zero-order valence-corrected chi connectivity index (χ0v) is 15.7. The maximum atomic E-state index is 12.8. The Balaban J connectivity index is 0.00000225. The number of halogens is 1. The topological polar surface area (TPSA) is 65.0 Å². The van der Waals surface area contributed by atoms with Gasteiger partial charge in [0.25, 0.3) is 5.91 Å². The van der Waals surface area contributed by atoms with Crippen molar-refractivity contribution in [2.45, 2.75) is 39.7 Å². The Hall–Kier alpha value is -1.92. The minimum absolute atomic E-state index is 0. The van der Waals surface area contributed by atoms with E-state index in [4.69, 9.17) is 0 Å². The van der Waals surface area contributed by atoms with Crippen molar-refractivity contribution >= 4 is 35.6 Å². The van der Waals surface area contributed by atoms with Crippen molar-refractivity contribution in [1.29, 1.82) is 0 Å². The minimum Gasteiger partial charge on any atom is -0.335 e. The molecule has 1 atom stereocenters. The summed E-state index contributed by atoms with van der Waals surface area (Å²) in [5.41, 5.74) is 3.28. The number of benzene rings is 1. The molecule has 3 rings (SSSR count). The number of hydrogen-bond acceptors (Lipinski definition) is 4. The van der Waals surface area contributed by atoms with Crippen molar-refractivity contribution in [2.75, 3.05) is 24.6 Å².